The SMILES string of the molecule is CNC(=O)[C@@H]1Cc2ccccc2CN1Cc1cccc([N+](=O)[O-])c1. The van der Waals surface area contributed by atoms with Gasteiger partial charge < -0.3 is 5.32 Å². The molecule has 6 heteroatoms. The molecule has 1 amide bonds. The first-order valence-corrected chi connectivity index (χ1v) is 7.84. The van der Waals surface area contributed by atoms with Gasteiger partial charge in [-0.05, 0) is 23.1 Å². The molecule has 0 saturated carbocycles. The first-order chi connectivity index (χ1) is 11.6. The number of hydrogen-bond acceptors (Lipinski definition) is 4. The molecule has 1 aliphatic rings. The van der Waals surface area contributed by atoms with Gasteiger partial charge in [0.25, 0.3) is 5.69 Å². The van der Waals surface area contributed by atoms with Crippen molar-refractivity contribution < 1.29 is 9.72 Å². The van der Waals surface area contributed by atoms with Crippen LogP contribution in [-0.2, 0) is 24.3 Å². The second kappa shape index (κ2) is 6.80. The minimum absolute atomic E-state index is 0.0325. The normalized spacial score (nSPS) is 17.1. The van der Waals surface area contributed by atoms with Gasteiger partial charge in [0.2, 0.25) is 5.91 Å². The number of nitro benzene ring substituents is 1. The molecule has 1 atom stereocenters. The van der Waals surface area contributed by atoms with Crippen LogP contribution in [0.4, 0.5) is 5.69 Å². The van der Waals surface area contributed by atoms with Crippen molar-refractivity contribution in [2.45, 2.75) is 25.6 Å². The number of hydrogen-bond donors (Lipinski definition) is 1. The zero-order chi connectivity index (χ0) is 17.1. The van der Waals surface area contributed by atoms with Gasteiger partial charge in [0, 0.05) is 32.3 Å². The van der Waals surface area contributed by atoms with Crippen molar-refractivity contribution in [3.8, 4) is 0 Å². The lowest BCUT2D eigenvalue weighted by atomic mass is 9.93. The summed E-state index contributed by atoms with van der Waals surface area (Å²) in [4.78, 5) is 24.9. The number of likely N-dealkylation sites (N-methyl/N-ethyl adjacent to an activating group) is 1. The smallest absolute Gasteiger partial charge is 0.269 e. The maximum absolute atomic E-state index is 12.3. The molecule has 0 saturated heterocycles. The fraction of sp³-hybridized carbons (Fsp3) is 0.278. The Morgan fingerprint density at radius 3 is 2.71 bits per heavy atom. The highest BCUT2D eigenvalue weighted by atomic mass is 16.6. The molecule has 3 rings (SSSR count). The van der Waals surface area contributed by atoms with Crippen molar-refractivity contribution in [3.63, 3.8) is 0 Å². The van der Waals surface area contributed by atoms with E-state index >= 15 is 0 Å². The van der Waals surface area contributed by atoms with Gasteiger partial charge in [0.05, 0.1) is 11.0 Å². The number of nitrogens with one attached hydrogen (secondary N) is 1. The number of nitrogens with zero attached hydrogens (tertiary/aromatic N) is 2. The molecule has 0 spiro atoms. The summed E-state index contributed by atoms with van der Waals surface area (Å²) in [5.41, 5.74) is 3.28. The number of nitro groups is 1. The Morgan fingerprint density at radius 1 is 1.25 bits per heavy atom. The number of non-ortho nitro benzene ring substituents is 1. The fourth-order valence-electron chi connectivity index (χ4n) is 3.17. The maximum Gasteiger partial charge on any atom is 0.269 e. The first kappa shape index (κ1) is 16.1. The number of amides is 1. The Morgan fingerprint density at radius 2 is 2.00 bits per heavy atom. The summed E-state index contributed by atoms with van der Waals surface area (Å²) in [6.45, 7) is 1.14. The Labute approximate surface area is 140 Å². The maximum atomic E-state index is 12.3. The molecule has 0 unspecified atom stereocenters. The van der Waals surface area contributed by atoms with Crippen LogP contribution in [0.1, 0.15) is 16.7 Å². The minimum Gasteiger partial charge on any atom is -0.358 e. The van der Waals surface area contributed by atoms with Crippen LogP contribution >= 0.6 is 0 Å². The quantitative estimate of drug-likeness (QED) is 0.691. The second-order valence-corrected chi connectivity index (χ2v) is 5.93. The van der Waals surface area contributed by atoms with E-state index in [-0.39, 0.29) is 17.6 Å². The average Bonchev–Trinajstić information content (AvgIpc) is 2.60. The van der Waals surface area contributed by atoms with Crippen molar-refractivity contribution in [2.24, 2.45) is 0 Å². The molecule has 124 valence electrons. The molecule has 0 aromatic heterocycles. The van der Waals surface area contributed by atoms with Crippen LogP contribution in [0.25, 0.3) is 0 Å². The van der Waals surface area contributed by atoms with Gasteiger partial charge in [-0.25, -0.2) is 0 Å². The average molecular weight is 325 g/mol. The molecule has 0 fully saturated rings. The lowest BCUT2D eigenvalue weighted by Crippen LogP contribution is -2.49. The summed E-state index contributed by atoms with van der Waals surface area (Å²) in [5, 5.41) is 13.7. The molecule has 1 heterocycles. The van der Waals surface area contributed by atoms with Crippen LogP contribution in [0, 0.1) is 10.1 Å². The number of rotatable bonds is 4. The molecule has 1 N–H and O–H groups in total. The molecule has 1 aliphatic heterocycles. The van der Waals surface area contributed by atoms with E-state index in [1.165, 1.54) is 17.2 Å². The van der Waals surface area contributed by atoms with Gasteiger partial charge in [-0.15, -0.1) is 0 Å². The van der Waals surface area contributed by atoms with Gasteiger partial charge in [0.1, 0.15) is 0 Å². The summed E-state index contributed by atoms with van der Waals surface area (Å²) in [6.07, 6.45) is 0.644. The van der Waals surface area contributed by atoms with E-state index in [0.717, 1.165) is 5.56 Å². The van der Waals surface area contributed by atoms with Crippen molar-refractivity contribution in [1.82, 2.24) is 10.2 Å². The Hall–Kier alpha value is -2.73. The standard InChI is InChI=1S/C18H19N3O3/c1-19-18(22)17-10-14-6-2-3-7-15(14)12-20(17)11-13-5-4-8-16(9-13)21(23)24/h2-9,17H,10-12H2,1H3,(H,19,22)/t17-/m0/s1. The number of benzene rings is 2. The topological polar surface area (TPSA) is 75.5 Å². The van der Waals surface area contributed by atoms with Crippen LogP contribution in [0.15, 0.2) is 48.5 Å². The summed E-state index contributed by atoms with van der Waals surface area (Å²) < 4.78 is 0. The van der Waals surface area contributed by atoms with E-state index in [2.05, 4.69) is 22.3 Å². The third-order valence-electron chi connectivity index (χ3n) is 4.40. The van der Waals surface area contributed by atoms with E-state index in [1.54, 1.807) is 19.2 Å². The third kappa shape index (κ3) is 3.28. The summed E-state index contributed by atoms with van der Waals surface area (Å²) in [7, 11) is 1.63. The lowest BCUT2D eigenvalue weighted by molar-refractivity contribution is -0.384. The monoisotopic (exact) mass is 325 g/mol. The zero-order valence-corrected chi connectivity index (χ0v) is 13.4. The fourth-order valence-corrected chi connectivity index (χ4v) is 3.17. The van der Waals surface area contributed by atoms with Gasteiger partial charge >= 0.3 is 0 Å². The van der Waals surface area contributed by atoms with Crippen molar-refractivity contribution >= 4 is 11.6 Å². The molecule has 0 bridgehead atoms. The lowest BCUT2D eigenvalue weighted by Gasteiger charge is -2.35. The predicted molar refractivity (Wildman–Crippen MR) is 90.3 cm³/mol. The van der Waals surface area contributed by atoms with Gasteiger partial charge in [-0.3, -0.25) is 19.8 Å². The molecular weight excluding hydrogens is 306 g/mol. The van der Waals surface area contributed by atoms with Gasteiger partial charge in [-0.2, -0.15) is 0 Å². The van der Waals surface area contributed by atoms with Gasteiger partial charge in [-0.1, -0.05) is 36.4 Å². The highest BCUT2D eigenvalue weighted by Gasteiger charge is 2.30. The molecule has 2 aromatic carbocycles. The van der Waals surface area contributed by atoms with Crippen LogP contribution in [-0.4, -0.2) is 28.8 Å². The molecular formula is C18H19N3O3. The van der Waals surface area contributed by atoms with Crippen LogP contribution in [0.2, 0.25) is 0 Å². The molecule has 6 nitrogen and oxygen atoms in total. The van der Waals surface area contributed by atoms with E-state index in [9.17, 15) is 14.9 Å². The third-order valence-corrected chi connectivity index (χ3v) is 4.40. The Bertz CT molecular complexity index is 776. The Balaban J connectivity index is 1.88. The van der Waals surface area contributed by atoms with Crippen LogP contribution in [0.3, 0.4) is 0 Å². The highest BCUT2D eigenvalue weighted by molar-refractivity contribution is 5.82. The van der Waals surface area contributed by atoms with Crippen molar-refractivity contribution in [1.29, 1.82) is 0 Å². The predicted octanol–water partition coefficient (Wildman–Crippen LogP) is 2.27. The van der Waals surface area contributed by atoms with Crippen LogP contribution < -0.4 is 5.32 Å². The molecule has 2 aromatic rings. The summed E-state index contributed by atoms with van der Waals surface area (Å²) in [5.74, 6) is -0.0325. The first-order valence-electron chi connectivity index (χ1n) is 7.84. The molecule has 0 aliphatic carbocycles. The van der Waals surface area contributed by atoms with E-state index < -0.39 is 4.92 Å². The highest BCUT2D eigenvalue weighted by Crippen LogP contribution is 2.26. The van der Waals surface area contributed by atoms with Gasteiger partial charge in [0.15, 0.2) is 0 Å². The molecule has 24 heavy (non-hydrogen) atoms. The number of carbonyl (C=O) groups is 1. The summed E-state index contributed by atoms with van der Waals surface area (Å²) >= 11 is 0. The number of fused-ring (bicyclic) bond motifs is 1. The number of carbonyl (C=O) groups excluding carboxylic acids is 1. The van der Waals surface area contributed by atoms with E-state index in [0.29, 0.717) is 19.5 Å². The zero-order valence-electron chi connectivity index (χ0n) is 13.4. The van der Waals surface area contributed by atoms with E-state index in [4.69, 9.17) is 0 Å². The van der Waals surface area contributed by atoms with Crippen molar-refractivity contribution in [3.05, 3.63) is 75.3 Å². The largest absolute Gasteiger partial charge is 0.358 e. The van der Waals surface area contributed by atoms with Crippen LogP contribution in [0.5, 0.6) is 0 Å². The van der Waals surface area contributed by atoms with E-state index in [1.807, 2.05) is 18.2 Å². The minimum atomic E-state index is -0.398. The Kier molecular flexibility index (Phi) is 4.57. The van der Waals surface area contributed by atoms with Crippen molar-refractivity contribution in [2.75, 3.05) is 7.05 Å². The second-order valence-electron chi connectivity index (χ2n) is 5.93. The molecule has 0 radical (unpaired) electrons. The summed E-state index contributed by atoms with van der Waals surface area (Å²) in [6, 6.07) is 14.4.